The molecule has 0 saturated carbocycles. The Kier molecular flexibility index (Phi) is 7.02. The molecule has 0 aliphatic rings. The van der Waals surface area contributed by atoms with Gasteiger partial charge < -0.3 is 5.32 Å². The average Bonchev–Trinajstić information content (AvgIpc) is 2.82. The van der Waals surface area contributed by atoms with Crippen molar-refractivity contribution in [3.05, 3.63) is 138 Å². The zero-order chi connectivity index (χ0) is 20.6. The lowest BCUT2D eigenvalue weighted by molar-refractivity contribution is 0.522. The summed E-state index contributed by atoms with van der Waals surface area (Å²) in [6.45, 7) is 2.97. The van der Waals surface area contributed by atoms with Gasteiger partial charge in [-0.05, 0) is 35.7 Å². The van der Waals surface area contributed by atoms with Crippen LogP contribution in [0.2, 0.25) is 0 Å². The molecule has 0 spiro atoms. The van der Waals surface area contributed by atoms with Gasteiger partial charge in [0.1, 0.15) is 0 Å². The van der Waals surface area contributed by atoms with Crippen LogP contribution in [0.4, 0.5) is 0 Å². The van der Waals surface area contributed by atoms with Crippen LogP contribution in [0, 0.1) is 6.92 Å². The van der Waals surface area contributed by atoms with Crippen LogP contribution in [0.15, 0.2) is 120 Å². The first-order valence-corrected chi connectivity index (χ1v) is 11.3. The Bertz CT molecular complexity index is 1010. The summed E-state index contributed by atoms with van der Waals surface area (Å²) in [6.07, 6.45) is 0. The number of hydrogen-bond donors (Lipinski definition) is 1. The second-order valence-electron chi connectivity index (χ2n) is 7.52. The number of hydrogen-bond acceptors (Lipinski definition) is 2. The van der Waals surface area contributed by atoms with E-state index < -0.39 is 0 Å². The van der Waals surface area contributed by atoms with Crippen LogP contribution in [-0.2, 0) is 6.54 Å². The molecule has 4 aromatic rings. The van der Waals surface area contributed by atoms with E-state index in [0.717, 1.165) is 6.54 Å². The molecule has 4 rings (SSSR count). The van der Waals surface area contributed by atoms with E-state index in [1.165, 1.54) is 27.1 Å². The maximum Gasteiger partial charge on any atom is 0.0539 e. The third-order valence-electron chi connectivity index (χ3n) is 5.24. The quantitative estimate of drug-likeness (QED) is 0.305. The molecule has 0 amide bonds. The highest BCUT2D eigenvalue weighted by Crippen LogP contribution is 2.44. The Morgan fingerprint density at radius 2 is 1.17 bits per heavy atom. The first kappa shape index (κ1) is 20.5. The maximum absolute atomic E-state index is 3.86. The van der Waals surface area contributed by atoms with Crippen LogP contribution >= 0.6 is 11.8 Å². The van der Waals surface area contributed by atoms with E-state index in [1.54, 1.807) is 0 Å². The summed E-state index contributed by atoms with van der Waals surface area (Å²) >= 11 is 1.93. The van der Waals surface area contributed by atoms with Crippen LogP contribution in [0.3, 0.4) is 0 Å². The molecule has 0 aliphatic carbocycles. The minimum atomic E-state index is 0.181. The fourth-order valence-electron chi connectivity index (χ4n) is 3.62. The Labute approximate surface area is 184 Å². The highest BCUT2D eigenvalue weighted by atomic mass is 32.2. The highest BCUT2D eigenvalue weighted by Gasteiger charge is 2.25. The molecule has 0 saturated heterocycles. The van der Waals surface area contributed by atoms with Gasteiger partial charge in [0.05, 0.1) is 5.25 Å². The fraction of sp³-hybridized carbons (Fsp3) is 0.143. The van der Waals surface area contributed by atoms with Crippen LogP contribution < -0.4 is 5.32 Å². The molecule has 2 atom stereocenters. The fourth-order valence-corrected chi connectivity index (χ4v) is 4.89. The second-order valence-corrected chi connectivity index (χ2v) is 8.73. The van der Waals surface area contributed by atoms with Crippen LogP contribution in [-0.4, -0.2) is 0 Å². The molecule has 0 aromatic heterocycles. The van der Waals surface area contributed by atoms with E-state index in [-0.39, 0.29) is 11.3 Å². The number of aryl methyl sites for hydroxylation is 1. The lowest BCUT2D eigenvalue weighted by Gasteiger charge is -2.29. The SMILES string of the molecule is Cc1ccc(S[C@H](c2ccccc2)[C@@H](NCc2ccccc2)c2ccccc2)cc1. The van der Waals surface area contributed by atoms with Crippen LogP contribution in [0.25, 0.3) is 0 Å². The summed E-state index contributed by atoms with van der Waals surface area (Å²) in [6, 6.07) is 41.3. The van der Waals surface area contributed by atoms with Gasteiger partial charge >= 0.3 is 0 Å². The molecule has 0 unspecified atom stereocenters. The summed E-state index contributed by atoms with van der Waals surface area (Å²) in [5, 5.41) is 4.11. The summed E-state index contributed by atoms with van der Waals surface area (Å²) in [5.41, 5.74) is 5.22. The number of benzene rings is 4. The Morgan fingerprint density at radius 3 is 1.77 bits per heavy atom. The molecular formula is C28H27NS. The van der Waals surface area contributed by atoms with Crippen LogP contribution in [0.1, 0.15) is 33.5 Å². The topological polar surface area (TPSA) is 12.0 Å². The summed E-state index contributed by atoms with van der Waals surface area (Å²) in [7, 11) is 0. The van der Waals surface area contributed by atoms with Gasteiger partial charge in [0.2, 0.25) is 0 Å². The standard InChI is InChI=1S/C28H27NS/c1-22-17-19-26(20-18-22)30-28(25-15-9-4-10-16-25)27(24-13-7-3-8-14-24)29-21-23-11-5-2-6-12-23/h2-20,27-29H,21H2,1H3/t27-,28+/m0/s1. The zero-order valence-electron chi connectivity index (χ0n) is 17.2. The maximum atomic E-state index is 3.86. The molecule has 0 aliphatic heterocycles. The van der Waals surface area contributed by atoms with E-state index in [9.17, 15) is 0 Å². The van der Waals surface area contributed by atoms with Crippen molar-refractivity contribution in [1.29, 1.82) is 0 Å². The van der Waals surface area contributed by atoms with E-state index >= 15 is 0 Å². The summed E-state index contributed by atoms with van der Waals surface area (Å²) < 4.78 is 0. The molecular weight excluding hydrogens is 382 g/mol. The minimum Gasteiger partial charge on any atom is -0.305 e. The van der Waals surface area contributed by atoms with Gasteiger partial charge in [0.25, 0.3) is 0 Å². The largest absolute Gasteiger partial charge is 0.305 e. The van der Waals surface area contributed by atoms with Crippen molar-refractivity contribution in [2.75, 3.05) is 0 Å². The molecule has 4 aromatic carbocycles. The Morgan fingerprint density at radius 1 is 0.633 bits per heavy atom. The molecule has 150 valence electrons. The van der Waals surface area contributed by atoms with E-state index in [2.05, 4.69) is 128 Å². The van der Waals surface area contributed by atoms with Crippen molar-refractivity contribution >= 4 is 11.8 Å². The molecule has 2 heteroatoms. The van der Waals surface area contributed by atoms with E-state index in [1.807, 2.05) is 11.8 Å². The van der Waals surface area contributed by atoms with Crippen molar-refractivity contribution < 1.29 is 0 Å². The minimum absolute atomic E-state index is 0.181. The Hall–Kier alpha value is -2.81. The van der Waals surface area contributed by atoms with E-state index in [0.29, 0.717) is 0 Å². The van der Waals surface area contributed by atoms with Gasteiger partial charge in [-0.1, -0.05) is 109 Å². The number of nitrogens with one attached hydrogen (secondary N) is 1. The van der Waals surface area contributed by atoms with Gasteiger partial charge in [-0.3, -0.25) is 0 Å². The molecule has 1 N–H and O–H groups in total. The van der Waals surface area contributed by atoms with Gasteiger partial charge in [-0.25, -0.2) is 0 Å². The molecule has 0 bridgehead atoms. The van der Waals surface area contributed by atoms with Gasteiger partial charge in [-0.2, -0.15) is 0 Å². The molecule has 1 nitrogen and oxygen atoms in total. The van der Waals surface area contributed by atoms with Crippen molar-refractivity contribution in [2.24, 2.45) is 0 Å². The summed E-state index contributed by atoms with van der Waals surface area (Å²) in [4.78, 5) is 1.29. The van der Waals surface area contributed by atoms with Gasteiger partial charge in [0.15, 0.2) is 0 Å². The van der Waals surface area contributed by atoms with E-state index in [4.69, 9.17) is 0 Å². The van der Waals surface area contributed by atoms with Crippen molar-refractivity contribution in [3.63, 3.8) is 0 Å². The molecule has 0 fully saturated rings. The molecule has 30 heavy (non-hydrogen) atoms. The molecule has 0 radical (unpaired) electrons. The lowest BCUT2D eigenvalue weighted by Crippen LogP contribution is -2.25. The third kappa shape index (κ3) is 5.41. The van der Waals surface area contributed by atoms with Gasteiger partial charge in [0, 0.05) is 17.5 Å². The van der Waals surface area contributed by atoms with Crippen molar-refractivity contribution in [3.8, 4) is 0 Å². The second kappa shape index (κ2) is 10.3. The number of rotatable bonds is 8. The smallest absolute Gasteiger partial charge is 0.0539 e. The van der Waals surface area contributed by atoms with Crippen LogP contribution in [0.5, 0.6) is 0 Å². The Balaban J connectivity index is 1.69. The lowest BCUT2D eigenvalue weighted by atomic mass is 9.98. The van der Waals surface area contributed by atoms with Gasteiger partial charge in [-0.15, -0.1) is 11.8 Å². The normalized spacial score (nSPS) is 13.0. The monoisotopic (exact) mass is 409 g/mol. The first-order valence-electron chi connectivity index (χ1n) is 10.4. The van der Waals surface area contributed by atoms with Crippen molar-refractivity contribution in [2.45, 2.75) is 29.7 Å². The third-order valence-corrected chi connectivity index (χ3v) is 6.59. The average molecular weight is 410 g/mol. The highest BCUT2D eigenvalue weighted by molar-refractivity contribution is 7.99. The summed E-state index contributed by atoms with van der Waals surface area (Å²) in [5.74, 6) is 0. The van der Waals surface area contributed by atoms with Crippen molar-refractivity contribution in [1.82, 2.24) is 5.32 Å². The first-order chi connectivity index (χ1) is 14.8. The predicted molar refractivity (Wildman–Crippen MR) is 129 cm³/mol. The zero-order valence-corrected chi connectivity index (χ0v) is 18.1. The number of thioether (sulfide) groups is 1. The predicted octanol–water partition coefficient (Wildman–Crippen LogP) is 7.36. The molecule has 0 heterocycles.